The van der Waals surface area contributed by atoms with E-state index >= 15 is 0 Å². The molecular weight excluding hydrogens is 308 g/mol. The number of hydrogen-bond acceptors (Lipinski definition) is 2. The molecule has 0 amide bonds. The second kappa shape index (κ2) is 6.38. The quantitative estimate of drug-likeness (QED) is 0.300. The third-order valence-electron chi connectivity index (χ3n) is 3.49. The summed E-state index contributed by atoms with van der Waals surface area (Å²) >= 11 is 0. The van der Waals surface area contributed by atoms with Gasteiger partial charge in [-0.2, -0.15) is 0 Å². The van der Waals surface area contributed by atoms with Gasteiger partial charge in [-0.3, -0.25) is 5.41 Å². The van der Waals surface area contributed by atoms with Crippen LogP contribution in [0.3, 0.4) is 0 Å². The molecule has 0 aliphatic carbocycles. The highest BCUT2D eigenvalue weighted by Crippen LogP contribution is 2.41. The van der Waals surface area contributed by atoms with Crippen LogP contribution in [0.4, 0.5) is 0 Å². The number of nitrogens with one attached hydrogen (secondary N) is 1. The van der Waals surface area contributed by atoms with Crippen LogP contribution in [0, 0.1) is 5.41 Å². The molecule has 3 aromatic rings. The standard InChI is InChI=1S/C18H17N2S2/c1-21-22-12-16(11-17(22)18(19)20)15-9-5-8-14(10-15)13-6-3-2-4-7-13/h2-12H,1H3,(H3,19,20)/q+1. The lowest BCUT2D eigenvalue weighted by atomic mass is 10.0. The normalized spacial score (nSPS) is 11.4. The zero-order chi connectivity index (χ0) is 15.5. The maximum atomic E-state index is 7.72. The third-order valence-corrected chi connectivity index (χ3v) is 6.99. The highest BCUT2D eigenvalue weighted by Gasteiger charge is 2.20. The summed E-state index contributed by atoms with van der Waals surface area (Å²) in [6.45, 7) is 0. The molecule has 0 radical (unpaired) electrons. The minimum atomic E-state index is -0.118. The molecule has 0 spiro atoms. The van der Waals surface area contributed by atoms with Crippen molar-refractivity contribution < 1.29 is 0 Å². The van der Waals surface area contributed by atoms with E-state index in [0.717, 1.165) is 10.4 Å². The van der Waals surface area contributed by atoms with E-state index < -0.39 is 0 Å². The molecule has 22 heavy (non-hydrogen) atoms. The molecule has 3 rings (SSSR count). The van der Waals surface area contributed by atoms with Gasteiger partial charge in [-0.05, 0) is 22.8 Å². The monoisotopic (exact) mass is 325 g/mol. The zero-order valence-corrected chi connectivity index (χ0v) is 13.9. The lowest BCUT2D eigenvalue weighted by Gasteiger charge is -2.03. The molecule has 0 fully saturated rings. The van der Waals surface area contributed by atoms with Crippen molar-refractivity contribution in [2.75, 3.05) is 6.26 Å². The van der Waals surface area contributed by atoms with Crippen LogP contribution in [-0.4, -0.2) is 12.1 Å². The first-order chi connectivity index (χ1) is 10.7. The molecule has 1 aromatic heterocycles. The minimum Gasteiger partial charge on any atom is -0.380 e. The predicted molar refractivity (Wildman–Crippen MR) is 99.7 cm³/mol. The molecule has 2 aromatic carbocycles. The van der Waals surface area contributed by atoms with Crippen LogP contribution in [0.15, 0.2) is 66.0 Å². The Bertz CT molecular complexity index is 807. The van der Waals surface area contributed by atoms with Gasteiger partial charge in [0.2, 0.25) is 4.88 Å². The maximum Gasteiger partial charge on any atom is 0.228 e. The van der Waals surface area contributed by atoms with Gasteiger partial charge in [-0.25, -0.2) is 0 Å². The average Bonchev–Trinajstić information content (AvgIpc) is 3.00. The van der Waals surface area contributed by atoms with Gasteiger partial charge in [-0.15, -0.1) is 0 Å². The van der Waals surface area contributed by atoms with Crippen molar-refractivity contribution in [2.45, 2.75) is 0 Å². The average molecular weight is 325 g/mol. The SMILES string of the molecule is CS[s+]1cc(-c2cccc(-c3ccccc3)c2)cc1C(=N)N. The minimum absolute atomic E-state index is 0.118. The topological polar surface area (TPSA) is 49.9 Å². The van der Waals surface area contributed by atoms with Gasteiger partial charge < -0.3 is 5.73 Å². The Balaban J connectivity index is 2.05. The molecule has 0 bridgehead atoms. The van der Waals surface area contributed by atoms with E-state index in [-0.39, 0.29) is 15.3 Å². The first-order valence-electron chi connectivity index (χ1n) is 6.90. The van der Waals surface area contributed by atoms with Gasteiger partial charge in [0, 0.05) is 17.9 Å². The van der Waals surface area contributed by atoms with Crippen LogP contribution in [0.2, 0.25) is 0 Å². The molecular formula is C18H17N2S2+. The van der Waals surface area contributed by atoms with Crippen molar-refractivity contribution in [3.8, 4) is 22.3 Å². The number of nitrogen functional groups attached to an aromatic ring is 1. The fourth-order valence-electron chi connectivity index (χ4n) is 2.40. The van der Waals surface area contributed by atoms with Crippen molar-refractivity contribution in [3.05, 3.63) is 70.9 Å². The molecule has 0 saturated carbocycles. The molecule has 1 unspecified atom stereocenters. The van der Waals surface area contributed by atoms with Gasteiger partial charge in [0.05, 0.1) is 9.50 Å². The number of amidine groups is 1. The number of nitrogens with two attached hydrogens (primary N) is 1. The first kappa shape index (κ1) is 14.9. The van der Waals surface area contributed by atoms with Crippen LogP contribution in [0.5, 0.6) is 0 Å². The van der Waals surface area contributed by atoms with E-state index in [9.17, 15) is 0 Å². The molecule has 0 aliphatic heterocycles. The van der Waals surface area contributed by atoms with E-state index in [1.807, 2.05) is 12.1 Å². The predicted octanol–water partition coefficient (Wildman–Crippen LogP) is 5.18. The summed E-state index contributed by atoms with van der Waals surface area (Å²) in [5.74, 6) is 0.170. The van der Waals surface area contributed by atoms with Crippen LogP contribution >= 0.6 is 20.3 Å². The second-order valence-electron chi connectivity index (χ2n) is 4.91. The highest BCUT2D eigenvalue weighted by molar-refractivity contribution is 8.45. The summed E-state index contributed by atoms with van der Waals surface area (Å²) in [5.41, 5.74) is 10.4. The van der Waals surface area contributed by atoms with Crippen molar-refractivity contribution in [2.24, 2.45) is 5.73 Å². The smallest absolute Gasteiger partial charge is 0.228 e. The Labute approximate surface area is 136 Å². The van der Waals surface area contributed by atoms with E-state index in [1.165, 1.54) is 16.7 Å². The molecule has 0 aliphatic rings. The largest absolute Gasteiger partial charge is 0.380 e. The lowest BCUT2D eigenvalue weighted by molar-refractivity contribution is 1.45. The molecule has 2 nitrogen and oxygen atoms in total. The van der Waals surface area contributed by atoms with E-state index in [2.05, 4.69) is 60.2 Å². The van der Waals surface area contributed by atoms with Gasteiger partial charge in [0.1, 0.15) is 10.8 Å². The number of benzene rings is 2. The summed E-state index contributed by atoms with van der Waals surface area (Å²) in [4.78, 5) is 0.924. The fraction of sp³-hybridized carbons (Fsp3) is 0.0556. The van der Waals surface area contributed by atoms with Crippen molar-refractivity contribution >= 4 is 26.1 Å². The van der Waals surface area contributed by atoms with Crippen LogP contribution in [0.25, 0.3) is 22.3 Å². The first-order valence-corrected chi connectivity index (χ1v) is 9.93. The van der Waals surface area contributed by atoms with Gasteiger partial charge in [0.25, 0.3) is 0 Å². The molecule has 110 valence electrons. The number of hydrogen-bond donors (Lipinski definition) is 2. The maximum absolute atomic E-state index is 7.72. The summed E-state index contributed by atoms with van der Waals surface area (Å²) in [6, 6.07) is 20.9. The summed E-state index contributed by atoms with van der Waals surface area (Å²) < 4.78 is 0. The Morgan fingerprint density at radius 1 is 0.909 bits per heavy atom. The van der Waals surface area contributed by atoms with E-state index in [1.54, 1.807) is 10.8 Å². The van der Waals surface area contributed by atoms with Crippen LogP contribution in [0.1, 0.15) is 4.88 Å². The second-order valence-corrected chi connectivity index (χ2v) is 8.59. The summed E-state index contributed by atoms with van der Waals surface area (Å²) in [7, 11) is 1.61. The summed E-state index contributed by atoms with van der Waals surface area (Å²) in [5, 5.41) is 9.94. The molecule has 4 heteroatoms. The number of thiophene rings is 1. The molecule has 1 atom stereocenters. The molecule has 1 heterocycles. The van der Waals surface area contributed by atoms with Gasteiger partial charge in [0.15, 0.2) is 11.2 Å². The lowest BCUT2D eigenvalue weighted by Crippen LogP contribution is -2.09. The third kappa shape index (κ3) is 2.93. The Kier molecular flexibility index (Phi) is 4.32. The van der Waals surface area contributed by atoms with Crippen LogP contribution < -0.4 is 5.73 Å². The van der Waals surface area contributed by atoms with Crippen molar-refractivity contribution in [1.29, 1.82) is 5.41 Å². The highest BCUT2D eigenvalue weighted by atomic mass is 33.1. The van der Waals surface area contributed by atoms with E-state index in [0.29, 0.717) is 0 Å². The molecule has 3 N–H and O–H groups in total. The number of rotatable bonds is 4. The fourth-order valence-corrected chi connectivity index (χ4v) is 5.25. The van der Waals surface area contributed by atoms with Gasteiger partial charge >= 0.3 is 0 Å². The summed E-state index contributed by atoms with van der Waals surface area (Å²) in [6.07, 6.45) is 2.06. The van der Waals surface area contributed by atoms with Crippen molar-refractivity contribution in [3.63, 3.8) is 0 Å². The Hall–Kier alpha value is -2.04. The van der Waals surface area contributed by atoms with E-state index in [4.69, 9.17) is 11.1 Å². The molecule has 0 saturated heterocycles. The van der Waals surface area contributed by atoms with Gasteiger partial charge in [-0.1, -0.05) is 48.5 Å². The Morgan fingerprint density at radius 3 is 2.14 bits per heavy atom. The van der Waals surface area contributed by atoms with Crippen molar-refractivity contribution in [1.82, 2.24) is 0 Å². The Morgan fingerprint density at radius 2 is 1.55 bits per heavy atom. The van der Waals surface area contributed by atoms with Crippen LogP contribution in [-0.2, 0) is 0 Å². The zero-order valence-electron chi connectivity index (χ0n) is 12.2.